The van der Waals surface area contributed by atoms with Gasteiger partial charge in [-0.05, 0) is 24.6 Å². The second kappa shape index (κ2) is 4.03. The molecule has 0 spiro atoms. The first kappa shape index (κ1) is 10.6. The van der Waals surface area contributed by atoms with E-state index in [9.17, 15) is 0 Å². The average molecular weight is 241 g/mol. The highest BCUT2D eigenvalue weighted by atomic mass is 16.5. The summed E-state index contributed by atoms with van der Waals surface area (Å²) in [5, 5.41) is 3.97. The molecule has 3 aromatic heterocycles. The molecule has 0 aliphatic heterocycles. The first-order valence-corrected chi connectivity index (χ1v) is 5.47. The third-order valence-electron chi connectivity index (χ3n) is 2.75. The summed E-state index contributed by atoms with van der Waals surface area (Å²) in [5.74, 6) is 0.920. The van der Waals surface area contributed by atoms with Gasteiger partial charge in [-0.2, -0.15) is 0 Å². The molecule has 0 aromatic carbocycles. The van der Waals surface area contributed by atoms with Gasteiger partial charge in [-0.15, -0.1) is 0 Å². The molecular weight excluding hydrogens is 230 g/mol. The Labute approximate surface area is 103 Å². The van der Waals surface area contributed by atoms with Crippen molar-refractivity contribution in [3.05, 3.63) is 42.4 Å². The molecule has 0 aliphatic rings. The maximum absolute atomic E-state index is 5.83. The molecule has 0 amide bonds. The standard InChI is InChI=1S/C13H11N3O2/c1-8-4-6-17-12(8)11-10(13(14)18-16-11)9-3-2-5-15-7-9/h2-7H,14H2,1H3. The highest BCUT2D eigenvalue weighted by Crippen LogP contribution is 2.37. The van der Waals surface area contributed by atoms with Crippen LogP contribution in [0.25, 0.3) is 22.6 Å². The lowest BCUT2D eigenvalue weighted by molar-refractivity contribution is 0.435. The van der Waals surface area contributed by atoms with Crippen LogP contribution in [0, 0.1) is 6.92 Å². The van der Waals surface area contributed by atoms with Gasteiger partial charge < -0.3 is 14.7 Å². The van der Waals surface area contributed by atoms with E-state index >= 15 is 0 Å². The zero-order valence-electron chi connectivity index (χ0n) is 9.75. The zero-order valence-corrected chi connectivity index (χ0v) is 9.75. The third-order valence-corrected chi connectivity index (χ3v) is 2.75. The van der Waals surface area contributed by atoms with Crippen LogP contribution in [0.15, 0.2) is 45.8 Å². The smallest absolute Gasteiger partial charge is 0.230 e. The van der Waals surface area contributed by atoms with Crippen LogP contribution in [0.3, 0.4) is 0 Å². The minimum atomic E-state index is 0.258. The Hall–Kier alpha value is -2.56. The summed E-state index contributed by atoms with van der Waals surface area (Å²) in [6.45, 7) is 1.94. The molecule has 0 saturated carbocycles. The van der Waals surface area contributed by atoms with Crippen LogP contribution in [0.4, 0.5) is 5.88 Å². The third kappa shape index (κ3) is 1.57. The fourth-order valence-corrected chi connectivity index (χ4v) is 1.86. The molecule has 2 N–H and O–H groups in total. The number of hydrogen-bond donors (Lipinski definition) is 1. The normalized spacial score (nSPS) is 10.7. The van der Waals surface area contributed by atoms with E-state index in [1.165, 1.54) is 0 Å². The molecule has 90 valence electrons. The summed E-state index contributed by atoms with van der Waals surface area (Å²) in [7, 11) is 0. The lowest BCUT2D eigenvalue weighted by Gasteiger charge is -2.00. The van der Waals surface area contributed by atoms with E-state index in [0.717, 1.165) is 11.1 Å². The minimum Gasteiger partial charge on any atom is -0.462 e. The summed E-state index contributed by atoms with van der Waals surface area (Å²) in [6.07, 6.45) is 5.03. The number of rotatable bonds is 2. The highest BCUT2D eigenvalue weighted by molar-refractivity contribution is 5.85. The number of hydrogen-bond acceptors (Lipinski definition) is 5. The molecule has 18 heavy (non-hydrogen) atoms. The molecule has 0 aliphatic carbocycles. The fraction of sp³-hybridized carbons (Fsp3) is 0.0769. The van der Waals surface area contributed by atoms with Crippen LogP contribution in [0.5, 0.6) is 0 Å². The van der Waals surface area contributed by atoms with Crippen molar-refractivity contribution in [2.24, 2.45) is 0 Å². The van der Waals surface area contributed by atoms with Crippen molar-refractivity contribution < 1.29 is 8.94 Å². The molecule has 3 rings (SSSR count). The van der Waals surface area contributed by atoms with Crippen molar-refractivity contribution in [2.45, 2.75) is 6.92 Å². The first-order valence-electron chi connectivity index (χ1n) is 5.47. The number of aryl methyl sites for hydroxylation is 1. The van der Waals surface area contributed by atoms with Gasteiger partial charge in [-0.25, -0.2) is 0 Å². The van der Waals surface area contributed by atoms with Gasteiger partial charge in [0.15, 0.2) is 11.5 Å². The van der Waals surface area contributed by atoms with Gasteiger partial charge in [-0.1, -0.05) is 11.2 Å². The van der Waals surface area contributed by atoms with Gasteiger partial charge in [0.05, 0.1) is 11.8 Å². The Kier molecular flexibility index (Phi) is 2.37. The van der Waals surface area contributed by atoms with Crippen molar-refractivity contribution in [1.82, 2.24) is 10.1 Å². The van der Waals surface area contributed by atoms with Crippen LogP contribution in [0.1, 0.15) is 5.56 Å². The predicted octanol–water partition coefficient (Wildman–Crippen LogP) is 2.89. The molecule has 5 nitrogen and oxygen atoms in total. The summed E-state index contributed by atoms with van der Waals surface area (Å²) in [5.41, 5.74) is 8.97. The largest absolute Gasteiger partial charge is 0.462 e. The first-order chi connectivity index (χ1) is 8.77. The Bertz CT molecular complexity index is 671. The van der Waals surface area contributed by atoms with Gasteiger partial charge in [-0.3, -0.25) is 4.98 Å². The quantitative estimate of drug-likeness (QED) is 0.746. The second-order valence-corrected chi connectivity index (χ2v) is 3.94. The molecule has 5 heteroatoms. The molecular formula is C13H11N3O2. The fourth-order valence-electron chi connectivity index (χ4n) is 1.86. The molecule has 3 aromatic rings. The van der Waals surface area contributed by atoms with Crippen LogP contribution in [-0.4, -0.2) is 10.1 Å². The summed E-state index contributed by atoms with van der Waals surface area (Å²) < 4.78 is 10.5. The van der Waals surface area contributed by atoms with E-state index in [1.807, 2.05) is 25.1 Å². The van der Waals surface area contributed by atoms with Gasteiger partial charge in [0, 0.05) is 18.0 Å². The van der Waals surface area contributed by atoms with E-state index < -0.39 is 0 Å². The molecule has 0 fully saturated rings. The molecule has 0 saturated heterocycles. The van der Waals surface area contributed by atoms with Crippen LogP contribution < -0.4 is 5.73 Å². The number of furan rings is 1. The highest BCUT2D eigenvalue weighted by Gasteiger charge is 2.20. The SMILES string of the molecule is Cc1ccoc1-c1noc(N)c1-c1cccnc1. The number of nitrogens with two attached hydrogens (primary N) is 1. The maximum atomic E-state index is 5.83. The topological polar surface area (TPSA) is 78.1 Å². The van der Waals surface area contributed by atoms with Gasteiger partial charge >= 0.3 is 0 Å². The lowest BCUT2D eigenvalue weighted by atomic mass is 10.1. The number of nitrogens with zero attached hydrogens (tertiary/aromatic N) is 2. The number of anilines is 1. The molecule has 0 atom stereocenters. The monoisotopic (exact) mass is 241 g/mol. The van der Waals surface area contributed by atoms with E-state index in [2.05, 4.69) is 10.1 Å². The van der Waals surface area contributed by atoms with Crippen molar-refractivity contribution in [3.8, 4) is 22.6 Å². The maximum Gasteiger partial charge on any atom is 0.230 e. The van der Waals surface area contributed by atoms with E-state index in [1.54, 1.807) is 18.7 Å². The van der Waals surface area contributed by atoms with Crippen molar-refractivity contribution in [3.63, 3.8) is 0 Å². The Morgan fingerprint density at radius 2 is 2.17 bits per heavy atom. The summed E-state index contributed by atoms with van der Waals surface area (Å²) in [6, 6.07) is 5.60. The lowest BCUT2D eigenvalue weighted by Crippen LogP contribution is -1.88. The molecule has 0 unspecified atom stereocenters. The van der Waals surface area contributed by atoms with E-state index in [0.29, 0.717) is 17.0 Å². The number of aromatic nitrogens is 2. The van der Waals surface area contributed by atoms with E-state index in [-0.39, 0.29) is 5.88 Å². The Balaban J connectivity index is 2.22. The number of pyridine rings is 1. The molecule has 3 heterocycles. The molecule has 0 bridgehead atoms. The van der Waals surface area contributed by atoms with Crippen LogP contribution in [-0.2, 0) is 0 Å². The molecule has 0 radical (unpaired) electrons. The minimum absolute atomic E-state index is 0.258. The van der Waals surface area contributed by atoms with Gasteiger partial charge in [0.1, 0.15) is 0 Å². The Morgan fingerprint density at radius 1 is 1.28 bits per heavy atom. The van der Waals surface area contributed by atoms with Gasteiger partial charge in [0.2, 0.25) is 5.88 Å². The average Bonchev–Trinajstić information content (AvgIpc) is 2.96. The van der Waals surface area contributed by atoms with Crippen molar-refractivity contribution in [1.29, 1.82) is 0 Å². The van der Waals surface area contributed by atoms with Crippen LogP contribution >= 0.6 is 0 Å². The van der Waals surface area contributed by atoms with Crippen molar-refractivity contribution in [2.75, 3.05) is 5.73 Å². The second-order valence-electron chi connectivity index (χ2n) is 3.94. The summed E-state index contributed by atoms with van der Waals surface area (Å²) in [4.78, 5) is 4.07. The van der Waals surface area contributed by atoms with Crippen LogP contribution in [0.2, 0.25) is 0 Å². The predicted molar refractivity (Wildman–Crippen MR) is 66.6 cm³/mol. The zero-order chi connectivity index (χ0) is 12.5. The van der Waals surface area contributed by atoms with Crippen molar-refractivity contribution >= 4 is 5.88 Å². The number of nitrogen functional groups attached to an aromatic ring is 1. The van der Waals surface area contributed by atoms with E-state index in [4.69, 9.17) is 14.7 Å². The Morgan fingerprint density at radius 3 is 2.83 bits per heavy atom. The summed E-state index contributed by atoms with van der Waals surface area (Å²) >= 11 is 0. The van der Waals surface area contributed by atoms with Gasteiger partial charge in [0.25, 0.3) is 0 Å².